The Balaban J connectivity index is 2.52. The Labute approximate surface area is 143 Å². The molecule has 0 spiro atoms. The quantitative estimate of drug-likeness (QED) is 0.732. The van der Waals surface area contributed by atoms with Crippen molar-refractivity contribution < 1.29 is 4.74 Å². The number of ether oxygens (including phenoxy) is 1. The first kappa shape index (κ1) is 16.3. The van der Waals surface area contributed by atoms with Gasteiger partial charge in [0.1, 0.15) is 11.6 Å². The molecule has 21 heavy (non-hydrogen) atoms. The van der Waals surface area contributed by atoms with Gasteiger partial charge in [-0.25, -0.2) is 9.97 Å². The second-order valence-electron chi connectivity index (χ2n) is 4.39. The van der Waals surface area contributed by atoms with Crippen LogP contribution in [-0.2, 0) is 6.42 Å². The first-order valence-electron chi connectivity index (χ1n) is 6.74. The molecule has 0 bridgehead atoms. The van der Waals surface area contributed by atoms with Crippen LogP contribution < -0.4 is 10.1 Å². The van der Waals surface area contributed by atoms with Gasteiger partial charge in [0.15, 0.2) is 5.82 Å². The van der Waals surface area contributed by atoms with E-state index >= 15 is 0 Å². The van der Waals surface area contributed by atoms with E-state index in [1.54, 1.807) is 7.11 Å². The topological polar surface area (TPSA) is 47.0 Å². The van der Waals surface area contributed by atoms with Crippen LogP contribution in [0.5, 0.6) is 5.75 Å². The standard InChI is InChI=1S/C15H17ClIN3O/c1-4-11-13(17)15(18-5-2)20-14(19-11)9-6-7-12(21-3)10(16)8-9/h6-8H,4-5H2,1-3H3,(H,18,19,20). The van der Waals surface area contributed by atoms with Gasteiger partial charge in [-0.05, 0) is 54.1 Å². The summed E-state index contributed by atoms with van der Waals surface area (Å²) >= 11 is 8.47. The molecule has 0 amide bonds. The molecule has 0 unspecified atom stereocenters. The molecule has 2 aromatic rings. The van der Waals surface area contributed by atoms with Gasteiger partial charge in [-0.1, -0.05) is 18.5 Å². The van der Waals surface area contributed by atoms with E-state index in [-0.39, 0.29) is 0 Å². The average Bonchev–Trinajstić information content (AvgIpc) is 2.49. The van der Waals surface area contributed by atoms with Crippen molar-refractivity contribution in [2.45, 2.75) is 20.3 Å². The van der Waals surface area contributed by atoms with Crippen molar-refractivity contribution in [2.75, 3.05) is 19.0 Å². The Kier molecular flexibility index (Phi) is 5.64. The third kappa shape index (κ3) is 3.58. The van der Waals surface area contributed by atoms with Crippen molar-refractivity contribution in [3.63, 3.8) is 0 Å². The number of halogens is 2. The minimum absolute atomic E-state index is 0.556. The summed E-state index contributed by atoms with van der Waals surface area (Å²) in [6.45, 7) is 4.96. The van der Waals surface area contributed by atoms with Crippen molar-refractivity contribution in [3.8, 4) is 17.1 Å². The van der Waals surface area contributed by atoms with Crippen molar-refractivity contribution >= 4 is 40.0 Å². The molecule has 1 N–H and O–H groups in total. The van der Waals surface area contributed by atoms with Gasteiger partial charge in [-0.15, -0.1) is 0 Å². The second kappa shape index (κ2) is 7.26. The van der Waals surface area contributed by atoms with Crippen molar-refractivity contribution in [3.05, 3.63) is 32.5 Å². The highest BCUT2D eigenvalue weighted by Crippen LogP contribution is 2.30. The molecule has 0 radical (unpaired) electrons. The van der Waals surface area contributed by atoms with E-state index in [2.05, 4.69) is 44.8 Å². The van der Waals surface area contributed by atoms with E-state index < -0.39 is 0 Å². The summed E-state index contributed by atoms with van der Waals surface area (Å²) in [5.41, 5.74) is 1.91. The number of anilines is 1. The zero-order valence-corrected chi connectivity index (χ0v) is 15.1. The fraction of sp³-hybridized carbons (Fsp3) is 0.333. The van der Waals surface area contributed by atoms with E-state index in [9.17, 15) is 0 Å². The zero-order valence-electron chi connectivity index (χ0n) is 12.2. The lowest BCUT2D eigenvalue weighted by Crippen LogP contribution is -2.07. The van der Waals surface area contributed by atoms with Gasteiger partial charge in [0.2, 0.25) is 0 Å². The number of aryl methyl sites for hydroxylation is 1. The number of methoxy groups -OCH3 is 1. The summed E-state index contributed by atoms with van der Waals surface area (Å²) in [4.78, 5) is 9.25. The molecule has 1 heterocycles. The van der Waals surface area contributed by atoms with Crippen LogP contribution in [-0.4, -0.2) is 23.6 Å². The Morgan fingerprint density at radius 3 is 2.62 bits per heavy atom. The molecular formula is C15H17ClIN3O. The predicted octanol–water partition coefficient (Wildman–Crippen LogP) is 4.40. The molecule has 4 nitrogen and oxygen atoms in total. The van der Waals surface area contributed by atoms with Gasteiger partial charge >= 0.3 is 0 Å². The molecule has 6 heteroatoms. The lowest BCUT2D eigenvalue weighted by atomic mass is 10.2. The lowest BCUT2D eigenvalue weighted by molar-refractivity contribution is 0.415. The number of aromatic nitrogens is 2. The maximum absolute atomic E-state index is 6.19. The van der Waals surface area contributed by atoms with Crippen molar-refractivity contribution in [1.82, 2.24) is 9.97 Å². The molecule has 0 fully saturated rings. The Morgan fingerprint density at radius 2 is 2.05 bits per heavy atom. The fourth-order valence-electron chi connectivity index (χ4n) is 1.95. The van der Waals surface area contributed by atoms with E-state index in [0.29, 0.717) is 16.6 Å². The minimum Gasteiger partial charge on any atom is -0.495 e. The van der Waals surface area contributed by atoms with Crippen LogP contribution in [0.2, 0.25) is 5.02 Å². The van der Waals surface area contributed by atoms with Crippen LogP contribution in [0.4, 0.5) is 5.82 Å². The zero-order chi connectivity index (χ0) is 15.4. The summed E-state index contributed by atoms with van der Waals surface area (Å²) in [7, 11) is 1.60. The smallest absolute Gasteiger partial charge is 0.161 e. The first-order valence-corrected chi connectivity index (χ1v) is 8.20. The maximum Gasteiger partial charge on any atom is 0.161 e. The number of benzene rings is 1. The molecule has 1 aromatic carbocycles. The minimum atomic E-state index is 0.556. The highest BCUT2D eigenvalue weighted by molar-refractivity contribution is 14.1. The molecule has 0 saturated carbocycles. The summed E-state index contributed by atoms with van der Waals surface area (Å²) < 4.78 is 6.25. The number of rotatable bonds is 5. The van der Waals surface area contributed by atoms with Crippen LogP contribution in [0, 0.1) is 3.57 Å². The molecule has 0 aliphatic heterocycles. The summed E-state index contributed by atoms with van der Waals surface area (Å²) in [6, 6.07) is 5.58. The maximum atomic E-state index is 6.19. The van der Waals surface area contributed by atoms with Crippen molar-refractivity contribution in [1.29, 1.82) is 0 Å². The van der Waals surface area contributed by atoms with E-state index in [1.165, 1.54) is 0 Å². The first-order chi connectivity index (χ1) is 10.1. The van der Waals surface area contributed by atoms with Gasteiger partial charge in [0.25, 0.3) is 0 Å². The average molecular weight is 418 g/mol. The third-order valence-electron chi connectivity index (χ3n) is 3.01. The van der Waals surface area contributed by atoms with Gasteiger partial charge in [-0.2, -0.15) is 0 Å². The van der Waals surface area contributed by atoms with Gasteiger partial charge < -0.3 is 10.1 Å². The SMILES string of the molecule is CCNc1nc(-c2ccc(OC)c(Cl)c2)nc(CC)c1I. The van der Waals surface area contributed by atoms with Gasteiger partial charge in [0, 0.05) is 12.1 Å². The summed E-state index contributed by atoms with van der Waals surface area (Å²) in [5, 5.41) is 3.84. The highest BCUT2D eigenvalue weighted by Gasteiger charge is 2.13. The molecule has 1 aromatic heterocycles. The molecule has 0 saturated heterocycles. The number of hydrogen-bond acceptors (Lipinski definition) is 4. The summed E-state index contributed by atoms with van der Waals surface area (Å²) in [5.74, 6) is 2.19. The molecule has 0 atom stereocenters. The molecule has 112 valence electrons. The van der Waals surface area contributed by atoms with Crippen LogP contribution in [0.25, 0.3) is 11.4 Å². The van der Waals surface area contributed by atoms with Crippen LogP contribution >= 0.6 is 34.2 Å². The number of nitrogens with zero attached hydrogens (tertiary/aromatic N) is 2. The van der Waals surface area contributed by atoms with Crippen LogP contribution in [0.1, 0.15) is 19.5 Å². The normalized spacial score (nSPS) is 10.5. The number of hydrogen-bond donors (Lipinski definition) is 1. The molecule has 2 rings (SSSR count). The van der Waals surface area contributed by atoms with Crippen LogP contribution in [0.3, 0.4) is 0 Å². The largest absolute Gasteiger partial charge is 0.495 e. The van der Waals surface area contributed by atoms with Crippen LogP contribution in [0.15, 0.2) is 18.2 Å². The third-order valence-corrected chi connectivity index (χ3v) is 4.44. The van der Waals surface area contributed by atoms with E-state index in [0.717, 1.165) is 33.6 Å². The van der Waals surface area contributed by atoms with E-state index in [4.69, 9.17) is 16.3 Å². The lowest BCUT2D eigenvalue weighted by Gasteiger charge is -2.12. The Hall–Kier alpha value is -1.08. The van der Waals surface area contributed by atoms with Crippen molar-refractivity contribution in [2.24, 2.45) is 0 Å². The predicted molar refractivity (Wildman–Crippen MR) is 95.3 cm³/mol. The number of nitrogens with one attached hydrogen (secondary N) is 1. The highest BCUT2D eigenvalue weighted by atomic mass is 127. The summed E-state index contributed by atoms with van der Waals surface area (Å²) in [6.07, 6.45) is 0.857. The van der Waals surface area contributed by atoms with E-state index in [1.807, 2.05) is 25.1 Å². The fourth-order valence-corrected chi connectivity index (χ4v) is 3.02. The molecule has 0 aliphatic carbocycles. The Morgan fingerprint density at radius 1 is 1.29 bits per heavy atom. The van der Waals surface area contributed by atoms with Gasteiger partial charge in [-0.3, -0.25) is 0 Å². The molecule has 0 aliphatic rings. The Bertz CT molecular complexity index is 649. The van der Waals surface area contributed by atoms with Gasteiger partial charge in [0.05, 0.1) is 21.4 Å². The second-order valence-corrected chi connectivity index (χ2v) is 5.88. The monoisotopic (exact) mass is 417 g/mol. The molecular weight excluding hydrogens is 401 g/mol.